The molecule has 1 unspecified atom stereocenters. The van der Waals surface area contributed by atoms with Crippen molar-refractivity contribution in [1.82, 2.24) is 9.88 Å². The molecule has 0 aliphatic rings. The SMILES string of the molecule is COCC(C)NCc1cc(C)n(C)c1C. The van der Waals surface area contributed by atoms with E-state index >= 15 is 0 Å². The third-order valence-electron chi connectivity index (χ3n) is 2.94. The minimum absolute atomic E-state index is 0.398. The van der Waals surface area contributed by atoms with Crippen molar-refractivity contribution < 1.29 is 4.74 Å². The summed E-state index contributed by atoms with van der Waals surface area (Å²) in [6.07, 6.45) is 0. The Morgan fingerprint density at radius 1 is 1.47 bits per heavy atom. The predicted octanol–water partition coefficient (Wildman–Crippen LogP) is 1.77. The Bertz CT molecular complexity index is 318. The maximum atomic E-state index is 5.08. The third kappa shape index (κ3) is 3.08. The quantitative estimate of drug-likeness (QED) is 0.801. The zero-order chi connectivity index (χ0) is 11.4. The van der Waals surface area contributed by atoms with Crippen molar-refractivity contribution in [2.24, 2.45) is 7.05 Å². The third-order valence-corrected chi connectivity index (χ3v) is 2.94. The summed E-state index contributed by atoms with van der Waals surface area (Å²) in [6.45, 7) is 8.09. The van der Waals surface area contributed by atoms with Crippen molar-refractivity contribution in [3.8, 4) is 0 Å². The molecule has 1 atom stereocenters. The zero-order valence-electron chi connectivity index (χ0n) is 10.4. The van der Waals surface area contributed by atoms with Crippen molar-refractivity contribution in [3.63, 3.8) is 0 Å². The number of methoxy groups -OCH3 is 1. The van der Waals surface area contributed by atoms with Crippen LogP contribution in [0.2, 0.25) is 0 Å². The highest BCUT2D eigenvalue weighted by atomic mass is 16.5. The van der Waals surface area contributed by atoms with E-state index < -0.39 is 0 Å². The first-order chi connectivity index (χ1) is 7.06. The van der Waals surface area contributed by atoms with Gasteiger partial charge in [-0.05, 0) is 32.4 Å². The molecule has 0 fully saturated rings. The molecule has 3 heteroatoms. The van der Waals surface area contributed by atoms with E-state index in [4.69, 9.17) is 4.74 Å². The lowest BCUT2D eigenvalue weighted by Gasteiger charge is -2.12. The van der Waals surface area contributed by atoms with Gasteiger partial charge in [-0.3, -0.25) is 0 Å². The molecule has 0 spiro atoms. The molecular weight excluding hydrogens is 188 g/mol. The second kappa shape index (κ2) is 5.33. The van der Waals surface area contributed by atoms with Gasteiger partial charge in [-0.15, -0.1) is 0 Å². The lowest BCUT2D eigenvalue weighted by molar-refractivity contribution is 0.171. The number of hydrogen-bond donors (Lipinski definition) is 1. The fourth-order valence-electron chi connectivity index (χ4n) is 1.71. The molecule has 1 aromatic heterocycles. The second-order valence-electron chi connectivity index (χ2n) is 4.19. The average molecular weight is 210 g/mol. The van der Waals surface area contributed by atoms with Crippen LogP contribution in [0.15, 0.2) is 6.07 Å². The summed E-state index contributed by atoms with van der Waals surface area (Å²) in [5, 5.41) is 3.44. The van der Waals surface area contributed by atoms with E-state index in [0.29, 0.717) is 6.04 Å². The molecule has 1 heterocycles. The lowest BCUT2D eigenvalue weighted by atomic mass is 10.2. The summed E-state index contributed by atoms with van der Waals surface area (Å²) in [5.41, 5.74) is 4.02. The molecule has 15 heavy (non-hydrogen) atoms. The van der Waals surface area contributed by atoms with Gasteiger partial charge in [0.2, 0.25) is 0 Å². The number of nitrogens with one attached hydrogen (secondary N) is 1. The predicted molar refractivity (Wildman–Crippen MR) is 63.1 cm³/mol. The molecule has 86 valence electrons. The molecule has 0 radical (unpaired) electrons. The summed E-state index contributed by atoms with van der Waals surface area (Å²) < 4.78 is 7.30. The van der Waals surface area contributed by atoms with Gasteiger partial charge in [0.05, 0.1) is 6.61 Å². The van der Waals surface area contributed by atoms with Gasteiger partial charge in [0.25, 0.3) is 0 Å². The first-order valence-electron chi connectivity index (χ1n) is 5.40. The molecule has 0 aliphatic heterocycles. The molecule has 0 saturated carbocycles. The highest BCUT2D eigenvalue weighted by molar-refractivity contribution is 5.26. The molecule has 1 rings (SSSR count). The topological polar surface area (TPSA) is 26.2 Å². The maximum absolute atomic E-state index is 5.08. The Hall–Kier alpha value is -0.800. The van der Waals surface area contributed by atoms with Crippen LogP contribution in [0.4, 0.5) is 0 Å². The van der Waals surface area contributed by atoms with Crippen LogP contribution in [0.3, 0.4) is 0 Å². The minimum atomic E-state index is 0.398. The van der Waals surface area contributed by atoms with Crippen LogP contribution in [-0.2, 0) is 18.3 Å². The number of hydrogen-bond acceptors (Lipinski definition) is 2. The molecule has 1 N–H and O–H groups in total. The standard InChI is InChI=1S/C12H22N2O/c1-9(8-15-5)13-7-12-6-10(2)14(4)11(12)3/h6,9,13H,7-8H2,1-5H3. The Balaban J connectivity index is 2.54. The van der Waals surface area contributed by atoms with E-state index in [9.17, 15) is 0 Å². The molecule has 0 saturated heterocycles. The highest BCUT2D eigenvalue weighted by Crippen LogP contribution is 2.12. The summed E-state index contributed by atoms with van der Waals surface area (Å²) in [5.74, 6) is 0. The van der Waals surface area contributed by atoms with Gasteiger partial charge in [0.1, 0.15) is 0 Å². The largest absolute Gasteiger partial charge is 0.383 e. The van der Waals surface area contributed by atoms with Crippen LogP contribution < -0.4 is 5.32 Å². The molecule has 0 bridgehead atoms. The smallest absolute Gasteiger partial charge is 0.0613 e. The Morgan fingerprint density at radius 3 is 2.60 bits per heavy atom. The molecule has 0 aliphatic carbocycles. The van der Waals surface area contributed by atoms with E-state index in [1.165, 1.54) is 17.0 Å². The van der Waals surface area contributed by atoms with Crippen molar-refractivity contribution in [2.45, 2.75) is 33.4 Å². The maximum Gasteiger partial charge on any atom is 0.0613 e. The van der Waals surface area contributed by atoms with Gasteiger partial charge in [-0.2, -0.15) is 0 Å². The van der Waals surface area contributed by atoms with Crippen LogP contribution in [0, 0.1) is 13.8 Å². The van der Waals surface area contributed by atoms with E-state index in [1.807, 2.05) is 0 Å². The fraction of sp³-hybridized carbons (Fsp3) is 0.667. The van der Waals surface area contributed by atoms with Crippen molar-refractivity contribution >= 4 is 0 Å². The lowest BCUT2D eigenvalue weighted by Crippen LogP contribution is -2.29. The monoisotopic (exact) mass is 210 g/mol. The summed E-state index contributed by atoms with van der Waals surface area (Å²) in [4.78, 5) is 0. The molecule has 0 aromatic carbocycles. The zero-order valence-corrected chi connectivity index (χ0v) is 10.4. The molecule has 0 amide bonds. The molecular formula is C12H22N2O. The Kier molecular flexibility index (Phi) is 4.36. The van der Waals surface area contributed by atoms with Gasteiger partial charge in [-0.1, -0.05) is 0 Å². The van der Waals surface area contributed by atoms with Crippen molar-refractivity contribution in [1.29, 1.82) is 0 Å². The first kappa shape index (κ1) is 12.3. The van der Waals surface area contributed by atoms with Gasteiger partial charge in [0, 0.05) is 38.1 Å². The van der Waals surface area contributed by atoms with Gasteiger partial charge >= 0.3 is 0 Å². The molecule has 3 nitrogen and oxygen atoms in total. The van der Waals surface area contributed by atoms with E-state index in [2.05, 4.69) is 43.8 Å². The number of aryl methyl sites for hydroxylation is 1. The van der Waals surface area contributed by atoms with Crippen LogP contribution >= 0.6 is 0 Å². The summed E-state index contributed by atoms with van der Waals surface area (Å²) in [7, 11) is 3.84. The van der Waals surface area contributed by atoms with Gasteiger partial charge in [-0.25, -0.2) is 0 Å². The Morgan fingerprint density at radius 2 is 2.13 bits per heavy atom. The number of aromatic nitrogens is 1. The van der Waals surface area contributed by atoms with Gasteiger partial charge < -0.3 is 14.6 Å². The van der Waals surface area contributed by atoms with Crippen LogP contribution in [0.25, 0.3) is 0 Å². The highest BCUT2D eigenvalue weighted by Gasteiger charge is 2.07. The van der Waals surface area contributed by atoms with Gasteiger partial charge in [0.15, 0.2) is 0 Å². The number of nitrogens with zero attached hydrogens (tertiary/aromatic N) is 1. The van der Waals surface area contributed by atoms with Crippen LogP contribution in [-0.4, -0.2) is 24.3 Å². The Labute approximate surface area is 92.4 Å². The minimum Gasteiger partial charge on any atom is -0.383 e. The summed E-state index contributed by atoms with van der Waals surface area (Å²) in [6, 6.07) is 2.64. The van der Waals surface area contributed by atoms with Crippen molar-refractivity contribution in [2.75, 3.05) is 13.7 Å². The van der Waals surface area contributed by atoms with E-state index in [1.54, 1.807) is 7.11 Å². The number of rotatable bonds is 5. The number of ether oxygens (including phenoxy) is 1. The van der Waals surface area contributed by atoms with E-state index in [0.717, 1.165) is 13.2 Å². The van der Waals surface area contributed by atoms with E-state index in [-0.39, 0.29) is 0 Å². The fourth-order valence-corrected chi connectivity index (χ4v) is 1.71. The normalized spacial score (nSPS) is 13.1. The first-order valence-corrected chi connectivity index (χ1v) is 5.40. The summed E-state index contributed by atoms with van der Waals surface area (Å²) >= 11 is 0. The van der Waals surface area contributed by atoms with Crippen LogP contribution in [0.1, 0.15) is 23.9 Å². The second-order valence-corrected chi connectivity index (χ2v) is 4.19. The average Bonchev–Trinajstić information content (AvgIpc) is 2.43. The van der Waals surface area contributed by atoms with Crippen LogP contribution in [0.5, 0.6) is 0 Å². The molecule has 1 aromatic rings. The van der Waals surface area contributed by atoms with Crippen molar-refractivity contribution in [3.05, 3.63) is 23.0 Å².